The van der Waals surface area contributed by atoms with Crippen LogP contribution in [-0.4, -0.2) is 101 Å². The standard InChI is InChI=1S/C25H30ClF2N5O7S/c1-38-25-20(10-15-9-19(40-30-15)13-3-5-32(6-4-13)41(2,36)37)39-21(12-34)24(35)23(25)33-11-18(29-31-33)14-7-16(27)22(26)17(28)8-14/h7-9,11,13,20-21,23-25,34-35H,3-6,10,12H2,1-2H3/t20-,21-,23+,24+,25+/m1/s1. The Hall–Kier alpha value is -2.53. The molecule has 16 heteroatoms. The molecule has 0 bridgehead atoms. The molecule has 2 N–H and O–H groups in total. The molecule has 5 atom stereocenters. The first-order chi connectivity index (χ1) is 19.5. The molecule has 2 aromatic heterocycles. The second-order valence-corrected chi connectivity index (χ2v) is 12.6. The Morgan fingerprint density at radius 3 is 2.46 bits per heavy atom. The van der Waals surface area contributed by atoms with Gasteiger partial charge in [-0.05, 0) is 25.0 Å². The minimum Gasteiger partial charge on any atom is -0.394 e. The maximum Gasteiger partial charge on any atom is 0.211 e. The van der Waals surface area contributed by atoms with Gasteiger partial charge in [-0.2, -0.15) is 0 Å². The zero-order valence-electron chi connectivity index (χ0n) is 22.2. The number of hydrogen-bond acceptors (Lipinski definition) is 10. The van der Waals surface area contributed by atoms with E-state index in [2.05, 4.69) is 15.5 Å². The third-order valence-electron chi connectivity index (χ3n) is 7.64. The lowest BCUT2D eigenvalue weighted by Gasteiger charge is -2.43. The van der Waals surface area contributed by atoms with Crippen LogP contribution in [0.25, 0.3) is 11.3 Å². The van der Waals surface area contributed by atoms with E-state index in [4.69, 9.17) is 25.6 Å². The fraction of sp³-hybridized carbons (Fsp3) is 0.560. The molecule has 0 aliphatic carbocycles. The molecule has 224 valence electrons. The van der Waals surface area contributed by atoms with Crippen molar-refractivity contribution in [2.75, 3.05) is 33.1 Å². The molecule has 12 nitrogen and oxygen atoms in total. The summed E-state index contributed by atoms with van der Waals surface area (Å²) in [6.45, 7) is 0.288. The van der Waals surface area contributed by atoms with Crippen LogP contribution in [0, 0.1) is 11.6 Å². The van der Waals surface area contributed by atoms with Gasteiger partial charge in [0.1, 0.15) is 52.5 Å². The van der Waals surface area contributed by atoms with Crippen LogP contribution in [0.2, 0.25) is 5.02 Å². The van der Waals surface area contributed by atoms with E-state index in [1.165, 1.54) is 28.5 Å². The van der Waals surface area contributed by atoms with Gasteiger partial charge in [-0.15, -0.1) is 5.10 Å². The van der Waals surface area contributed by atoms with Crippen molar-refractivity contribution in [3.05, 3.63) is 52.5 Å². The molecule has 2 saturated heterocycles. The van der Waals surface area contributed by atoms with E-state index in [-0.39, 0.29) is 23.6 Å². The summed E-state index contributed by atoms with van der Waals surface area (Å²) in [5.41, 5.74) is 0.780. The van der Waals surface area contributed by atoms with Crippen molar-refractivity contribution in [2.24, 2.45) is 0 Å². The highest BCUT2D eigenvalue weighted by molar-refractivity contribution is 7.88. The maximum atomic E-state index is 14.0. The molecule has 41 heavy (non-hydrogen) atoms. The van der Waals surface area contributed by atoms with E-state index in [9.17, 15) is 27.4 Å². The fourth-order valence-corrected chi connectivity index (χ4v) is 6.47. The molecule has 0 unspecified atom stereocenters. The SMILES string of the molecule is CO[C@@H]1[C@@H](n2cc(-c3cc(F)c(Cl)c(F)c3)nn2)[C@@H](O)[C@@H](CO)O[C@@H]1Cc1cc(C2CCN(S(C)(=O)=O)CC2)on1. The Bertz CT molecular complexity index is 1460. The molecule has 0 amide bonds. The normalized spacial score (nSPS) is 26.5. The van der Waals surface area contributed by atoms with E-state index in [1.807, 2.05) is 0 Å². The van der Waals surface area contributed by atoms with Crippen molar-refractivity contribution in [2.45, 2.75) is 55.6 Å². The number of nitrogens with zero attached hydrogens (tertiary/aromatic N) is 5. The maximum absolute atomic E-state index is 14.0. The Balaban J connectivity index is 1.35. The Kier molecular flexibility index (Phi) is 8.76. The topological polar surface area (TPSA) is 153 Å². The lowest BCUT2D eigenvalue weighted by atomic mass is 9.90. The zero-order valence-corrected chi connectivity index (χ0v) is 23.8. The summed E-state index contributed by atoms with van der Waals surface area (Å²) in [6, 6.07) is 2.97. The van der Waals surface area contributed by atoms with E-state index >= 15 is 0 Å². The van der Waals surface area contributed by atoms with Gasteiger partial charge in [0.25, 0.3) is 0 Å². The number of methoxy groups -OCH3 is 1. The molecule has 0 radical (unpaired) electrons. The average molecular weight is 618 g/mol. The van der Waals surface area contributed by atoms with Crippen molar-refractivity contribution < 1.29 is 41.4 Å². The highest BCUT2D eigenvalue weighted by Gasteiger charge is 2.47. The lowest BCUT2D eigenvalue weighted by Crippen LogP contribution is -2.57. The molecule has 0 spiro atoms. The highest BCUT2D eigenvalue weighted by atomic mass is 35.5. The number of halogens is 3. The van der Waals surface area contributed by atoms with Gasteiger partial charge in [0.05, 0.1) is 30.9 Å². The van der Waals surface area contributed by atoms with Crippen molar-refractivity contribution in [3.63, 3.8) is 0 Å². The minimum atomic E-state index is -3.25. The second-order valence-electron chi connectivity index (χ2n) is 10.3. The summed E-state index contributed by atoms with van der Waals surface area (Å²) in [5.74, 6) is -1.26. The smallest absolute Gasteiger partial charge is 0.211 e. The second kappa shape index (κ2) is 12.0. The number of ether oxygens (including phenoxy) is 2. The van der Waals surface area contributed by atoms with Crippen LogP contribution < -0.4 is 0 Å². The van der Waals surface area contributed by atoms with E-state index in [1.54, 1.807) is 6.07 Å². The van der Waals surface area contributed by atoms with Gasteiger partial charge in [0.15, 0.2) is 0 Å². The van der Waals surface area contributed by atoms with Gasteiger partial charge in [-0.1, -0.05) is 22.0 Å². The molecule has 3 aromatic rings. The van der Waals surface area contributed by atoms with Crippen molar-refractivity contribution in [3.8, 4) is 11.3 Å². The Morgan fingerprint density at radius 1 is 1.17 bits per heavy atom. The first kappa shape index (κ1) is 29.9. The Labute approximate surface area is 239 Å². The molecule has 0 saturated carbocycles. The Morgan fingerprint density at radius 2 is 1.85 bits per heavy atom. The molecule has 1 aromatic carbocycles. The number of piperidine rings is 1. The number of aromatic nitrogens is 4. The van der Waals surface area contributed by atoms with Crippen molar-refractivity contribution in [1.29, 1.82) is 0 Å². The monoisotopic (exact) mass is 617 g/mol. The van der Waals surface area contributed by atoms with Gasteiger partial charge >= 0.3 is 0 Å². The van der Waals surface area contributed by atoms with E-state index in [0.717, 1.165) is 12.1 Å². The van der Waals surface area contributed by atoms with Gasteiger partial charge < -0.3 is 24.2 Å². The summed E-state index contributed by atoms with van der Waals surface area (Å²) >= 11 is 5.59. The number of aliphatic hydroxyl groups excluding tert-OH is 2. The van der Waals surface area contributed by atoms with Gasteiger partial charge in [-0.25, -0.2) is 26.2 Å². The van der Waals surface area contributed by atoms with Crippen LogP contribution in [0.15, 0.2) is 28.9 Å². The molecule has 2 aliphatic heterocycles. The number of sulfonamides is 1. The number of benzene rings is 1. The molecular weight excluding hydrogens is 588 g/mol. The summed E-state index contributed by atoms with van der Waals surface area (Å²) < 4.78 is 71.8. The molecule has 4 heterocycles. The van der Waals surface area contributed by atoms with Crippen LogP contribution in [0.5, 0.6) is 0 Å². The molecule has 5 rings (SSSR count). The summed E-state index contributed by atoms with van der Waals surface area (Å²) in [7, 11) is -1.81. The van der Waals surface area contributed by atoms with Crippen LogP contribution in [-0.2, 0) is 25.9 Å². The van der Waals surface area contributed by atoms with Gasteiger partial charge in [0, 0.05) is 44.2 Å². The molecule has 2 fully saturated rings. The van der Waals surface area contributed by atoms with E-state index in [0.29, 0.717) is 37.4 Å². The largest absolute Gasteiger partial charge is 0.394 e. The van der Waals surface area contributed by atoms with Crippen molar-refractivity contribution in [1.82, 2.24) is 24.5 Å². The lowest BCUT2D eigenvalue weighted by molar-refractivity contribution is -0.212. The van der Waals surface area contributed by atoms with Crippen molar-refractivity contribution >= 4 is 21.6 Å². The summed E-state index contributed by atoms with van der Waals surface area (Å²) in [5, 5.41) is 32.6. The summed E-state index contributed by atoms with van der Waals surface area (Å²) in [4.78, 5) is 0. The fourth-order valence-electron chi connectivity index (χ4n) is 5.48. The number of rotatable bonds is 8. The average Bonchev–Trinajstić information content (AvgIpc) is 3.62. The third kappa shape index (κ3) is 6.16. The summed E-state index contributed by atoms with van der Waals surface area (Å²) in [6.07, 6.45) is 0.252. The predicted molar refractivity (Wildman–Crippen MR) is 141 cm³/mol. The highest BCUT2D eigenvalue weighted by Crippen LogP contribution is 2.35. The molecule has 2 aliphatic rings. The van der Waals surface area contributed by atoms with Crippen LogP contribution >= 0.6 is 11.6 Å². The molecular formula is C25H30ClF2N5O7S. The van der Waals surface area contributed by atoms with Crippen LogP contribution in [0.1, 0.15) is 36.3 Å². The van der Waals surface area contributed by atoms with E-state index < -0.39 is 63.7 Å². The van der Waals surface area contributed by atoms with Crippen LogP contribution in [0.3, 0.4) is 0 Å². The minimum absolute atomic E-state index is 0.00983. The van der Waals surface area contributed by atoms with Crippen LogP contribution in [0.4, 0.5) is 8.78 Å². The third-order valence-corrected chi connectivity index (χ3v) is 9.31. The number of aliphatic hydroxyl groups is 2. The quantitative estimate of drug-likeness (QED) is 0.359. The predicted octanol–water partition coefficient (Wildman–Crippen LogP) is 1.92. The van der Waals surface area contributed by atoms with Gasteiger partial charge in [-0.3, -0.25) is 0 Å². The number of hydrogen-bond donors (Lipinski definition) is 2. The zero-order chi connectivity index (χ0) is 29.5. The first-order valence-corrected chi connectivity index (χ1v) is 15.2. The first-order valence-electron chi connectivity index (χ1n) is 12.9. The van der Waals surface area contributed by atoms with Gasteiger partial charge in [0.2, 0.25) is 10.0 Å².